The van der Waals surface area contributed by atoms with Gasteiger partial charge in [0.1, 0.15) is 6.33 Å². The van der Waals surface area contributed by atoms with Crippen LogP contribution in [0, 0.1) is 0 Å². The van der Waals surface area contributed by atoms with Gasteiger partial charge in [-0.25, -0.2) is 19.9 Å². The molecule has 27 heavy (non-hydrogen) atoms. The Labute approximate surface area is 153 Å². The van der Waals surface area contributed by atoms with Crippen LogP contribution in [0.5, 0.6) is 0 Å². The van der Waals surface area contributed by atoms with Gasteiger partial charge < -0.3 is 4.98 Å². The lowest BCUT2D eigenvalue weighted by molar-refractivity contribution is 1.21. The molecule has 0 radical (unpaired) electrons. The Kier molecular flexibility index (Phi) is 3.47. The van der Waals surface area contributed by atoms with Gasteiger partial charge in [0.05, 0.1) is 16.9 Å². The first-order valence-corrected chi connectivity index (χ1v) is 8.44. The Morgan fingerprint density at radius 2 is 1.70 bits per heavy atom. The maximum atomic E-state index is 12.3. The summed E-state index contributed by atoms with van der Waals surface area (Å²) >= 11 is 0. The van der Waals surface area contributed by atoms with Crippen LogP contribution in [0.2, 0.25) is 0 Å². The first-order chi connectivity index (χ1) is 13.3. The molecule has 1 N–H and O–H groups in total. The molecule has 128 valence electrons. The number of benzene rings is 2. The first-order valence-electron chi connectivity index (χ1n) is 8.44. The standard InChI is InChI=1S/C21H13N5O/c27-17-8-9-23-21-20(17)25-19(18(26-21)13-4-2-1-3-5-13)14-6-7-16-15(10-14)11-22-12-24-16/h1-12H,(H,23,26,27). The topological polar surface area (TPSA) is 84.4 Å². The summed E-state index contributed by atoms with van der Waals surface area (Å²) in [5.74, 6) is 0. The molecule has 0 amide bonds. The molecule has 0 unspecified atom stereocenters. The van der Waals surface area contributed by atoms with E-state index >= 15 is 0 Å². The minimum absolute atomic E-state index is 0.166. The number of hydrogen-bond acceptors (Lipinski definition) is 5. The van der Waals surface area contributed by atoms with Gasteiger partial charge in [0.2, 0.25) is 5.43 Å². The lowest BCUT2D eigenvalue weighted by Gasteiger charge is -2.10. The van der Waals surface area contributed by atoms with Crippen molar-refractivity contribution < 1.29 is 0 Å². The monoisotopic (exact) mass is 351 g/mol. The van der Waals surface area contributed by atoms with E-state index in [2.05, 4.69) is 19.9 Å². The smallest absolute Gasteiger partial charge is 0.209 e. The number of fused-ring (bicyclic) bond motifs is 2. The van der Waals surface area contributed by atoms with Crippen molar-refractivity contribution in [2.45, 2.75) is 0 Å². The van der Waals surface area contributed by atoms with E-state index in [1.165, 1.54) is 12.4 Å². The maximum absolute atomic E-state index is 12.3. The third-order valence-corrected chi connectivity index (χ3v) is 4.41. The summed E-state index contributed by atoms with van der Waals surface area (Å²) in [6.07, 6.45) is 4.86. The Bertz CT molecular complexity index is 1350. The number of rotatable bonds is 2. The van der Waals surface area contributed by atoms with Crippen LogP contribution in [-0.4, -0.2) is 24.9 Å². The number of nitrogens with zero attached hydrogens (tertiary/aromatic N) is 4. The van der Waals surface area contributed by atoms with E-state index in [9.17, 15) is 4.79 Å². The molecule has 0 fully saturated rings. The molecule has 0 spiro atoms. The lowest BCUT2D eigenvalue weighted by Crippen LogP contribution is -2.06. The molecule has 3 aromatic heterocycles. The van der Waals surface area contributed by atoms with Crippen LogP contribution in [0.15, 0.2) is 78.1 Å². The third-order valence-electron chi connectivity index (χ3n) is 4.41. The van der Waals surface area contributed by atoms with Crippen LogP contribution in [-0.2, 0) is 0 Å². The van der Waals surface area contributed by atoms with Crippen LogP contribution < -0.4 is 5.43 Å². The molecule has 0 aliphatic heterocycles. The minimum Gasteiger partial charge on any atom is -0.345 e. The van der Waals surface area contributed by atoms with Gasteiger partial charge in [-0.3, -0.25) is 4.79 Å². The highest BCUT2D eigenvalue weighted by molar-refractivity contribution is 5.89. The van der Waals surface area contributed by atoms with Crippen molar-refractivity contribution >= 4 is 22.1 Å². The summed E-state index contributed by atoms with van der Waals surface area (Å²) in [4.78, 5) is 33.0. The molecule has 3 heterocycles. The number of aromatic nitrogens is 5. The second-order valence-electron chi connectivity index (χ2n) is 6.12. The molecule has 0 saturated carbocycles. The SMILES string of the molecule is O=c1cc[nH]c2nc(-c3ccccc3)c(-c3ccc4ncncc4c3)nc12. The number of pyridine rings is 1. The molecule has 5 aromatic rings. The number of hydrogen-bond donors (Lipinski definition) is 1. The zero-order chi connectivity index (χ0) is 18.2. The van der Waals surface area contributed by atoms with E-state index in [4.69, 9.17) is 4.98 Å². The normalized spacial score (nSPS) is 11.1. The highest BCUT2D eigenvalue weighted by Gasteiger charge is 2.15. The average molecular weight is 351 g/mol. The second kappa shape index (κ2) is 6.10. The summed E-state index contributed by atoms with van der Waals surface area (Å²) in [6.45, 7) is 0. The van der Waals surface area contributed by atoms with Crippen molar-refractivity contribution in [1.82, 2.24) is 24.9 Å². The quantitative estimate of drug-likeness (QED) is 0.525. The van der Waals surface area contributed by atoms with Crippen molar-refractivity contribution in [2.24, 2.45) is 0 Å². The molecule has 0 bridgehead atoms. The molecule has 5 rings (SSSR count). The summed E-state index contributed by atoms with van der Waals surface area (Å²) < 4.78 is 0. The van der Waals surface area contributed by atoms with Gasteiger partial charge in [-0.2, -0.15) is 0 Å². The van der Waals surface area contributed by atoms with Gasteiger partial charge >= 0.3 is 0 Å². The third kappa shape index (κ3) is 2.64. The Morgan fingerprint density at radius 3 is 2.59 bits per heavy atom. The molecule has 0 saturated heterocycles. The Morgan fingerprint density at radius 1 is 0.852 bits per heavy atom. The van der Waals surface area contributed by atoms with Gasteiger partial charge in [0.25, 0.3) is 0 Å². The van der Waals surface area contributed by atoms with Crippen molar-refractivity contribution in [3.05, 3.63) is 83.5 Å². The highest BCUT2D eigenvalue weighted by Crippen LogP contribution is 2.31. The van der Waals surface area contributed by atoms with E-state index in [1.54, 1.807) is 12.4 Å². The zero-order valence-electron chi connectivity index (χ0n) is 14.1. The van der Waals surface area contributed by atoms with Crippen molar-refractivity contribution in [3.63, 3.8) is 0 Å². The Balaban J connectivity index is 1.85. The molecular formula is C21H13N5O. The van der Waals surface area contributed by atoms with Crippen LogP contribution in [0.4, 0.5) is 0 Å². The Hall–Kier alpha value is -3.93. The van der Waals surface area contributed by atoms with E-state index in [1.807, 2.05) is 48.5 Å². The fraction of sp³-hybridized carbons (Fsp3) is 0. The number of nitrogens with one attached hydrogen (secondary N) is 1. The van der Waals surface area contributed by atoms with Crippen molar-refractivity contribution in [3.8, 4) is 22.5 Å². The summed E-state index contributed by atoms with van der Waals surface area (Å²) in [5.41, 5.74) is 4.61. The van der Waals surface area contributed by atoms with Gasteiger partial charge in [-0.15, -0.1) is 0 Å². The summed E-state index contributed by atoms with van der Waals surface area (Å²) in [5, 5.41) is 0.901. The predicted octanol–water partition coefficient (Wildman–Crippen LogP) is 3.60. The van der Waals surface area contributed by atoms with Gasteiger partial charge in [-0.1, -0.05) is 36.4 Å². The first kappa shape index (κ1) is 15.3. The zero-order valence-corrected chi connectivity index (χ0v) is 14.1. The lowest BCUT2D eigenvalue weighted by atomic mass is 10.0. The van der Waals surface area contributed by atoms with E-state index in [-0.39, 0.29) is 5.43 Å². The molecule has 2 aromatic carbocycles. The van der Waals surface area contributed by atoms with Gasteiger partial charge in [0.15, 0.2) is 11.2 Å². The maximum Gasteiger partial charge on any atom is 0.209 e. The molecule has 0 aliphatic rings. The summed E-state index contributed by atoms with van der Waals surface area (Å²) in [7, 11) is 0. The predicted molar refractivity (Wildman–Crippen MR) is 104 cm³/mol. The van der Waals surface area contributed by atoms with Crippen molar-refractivity contribution in [1.29, 1.82) is 0 Å². The number of aromatic amines is 1. The van der Waals surface area contributed by atoms with E-state index in [0.29, 0.717) is 22.6 Å². The van der Waals surface area contributed by atoms with Crippen LogP contribution in [0.25, 0.3) is 44.6 Å². The fourth-order valence-electron chi connectivity index (χ4n) is 3.11. The van der Waals surface area contributed by atoms with Gasteiger partial charge in [0, 0.05) is 35.0 Å². The summed E-state index contributed by atoms with van der Waals surface area (Å²) in [6, 6.07) is 17.1. The van der Waals surface area contributed by atoms with Crippen LogP contribution in [0.3, 0.4) is 0 Å². The molecule has 6 nitrogen and oxygen atoms in total. The van der Waals surface area contributed by atoms with E-state index in [0.717, 1.165) is 22.0 Å². The molecule has 0 aliphatic carbocycles. The van der Waals surface area contributed by atoms with Gasteiger partial charge in [-0.05, 0) is 12.1 Å². The molecule has 6 heteroatoms. The second-order valence-corrected chi connectivity index (χ2v) is 6.12. The van der Waals surface area contributed by atoms with Crippen LogP contribution in [0.1, 0.15) is 0 Å². The van der Waals surface area contributed by atoms with Crippen molar-refractivity contribution in [2.75, 3.05) is 0 Å². The number of H-pyrrole nitrogens is 1. The molecule has 0 atom stereocenters. The highest BCUT2D eigenvalue weighted by atomic mass is 16.1. The molecular weight excluding hydrogens is 338 g/mol. The fourth-order valence-corrected chi connectivity index (χ4v) is 3.11. The minimum atomic E-state index is -0.166. The largest absolute Gasteiger partial charge is 0.345 e. The van der Waals surface area contributed by atoms with Crippen LogP contribution >= 0.6 is 0 Å². The average Bonchev–Trinajstić information content (AvgIpc) is 2.73. The van der Waals surface area contributed by atoms with E-state index < -0.39 is 0 Å².